The zero-order chi connectivity index (χ0) is 14.1. The summed E-state index contributed by atoms with van der Waals surface area (Å²) in [5.41, 5.74) is 0.0750. The molecule has 0 aliphatic carbocycles. The molecule has 19 heavy (non-hydrogen) atoms. The monoisotopic (exact) mass is 270 g/mol. The second-order valence-electron chi connectivity index (χ2n) is 5.07. The maximum Gasteiger partial charge on any atom is 0.164 e. The van der Waals surface area contributed by atoms with Crippen LogP contribution in [0.2, 0.25) is 0 Å². The molecule has 0 saturated heterocycles. The molecule has 0 saturated carbocycles. The van der Waals surface area contributed by atoms with Crippen molar-refractivity contribution in [2.24, 2.45) is 0 Å². The van der Waals surface area contributed by atoms with Crippen molar-refractivity contribution in [3.05, 3.63) is 35.4 Å². The average Bonchev–Trinajstić information content (AvgIpc) is 2.40. The predicted molar refractivity (Wildman–Crippen MR) is 73.9 cm³/mol. The van der Waals surface area contributed by atoms with Crippen LogP contribution in [0.1, 0.15) is 70.0 Å². The molecule has 0 fully saturated rings. The lowest BCUT2D eigenvalue weighted by Gasteiger charge is -2.12. The van der Waals surface area contributed by atoms with Gasteiger partial charge in [-0.3, -0.25) is 0 Å². The van der Waals surface area contributed by atoms with Crippen LogP contribution in [0.5, 0.6) is 0 Å². The fraction of sp³-hybridized carbons (Fsp3) is 0.625. The van der Waals surface area contributed by atoms with Crippen LogP contribution in [-0.2, 0) is 0 Å². The average molecular weight is 270 g/mol. The van der Waals surface area contributed by atoms with E-state index in [9.17, 15) is 13.9 Å². The molecule has 1 aromatic rings. The van der Waals surface area contributed by atoms with Gasteiger partial charge in [0.25, 0.3) is 0 Å². The van der Waals surface area contributed by atoms with E-state index in [2.05, 4.69) is 6.92 Å². The lowest BCUT2D eigenvalue weighted by molar-refractivity contribution is 0.157. The predicted octanol–water partition coefficient (Wildman–Crippen LogP) is 5.14. The molecule has 0 amide bonds. The van der Waals surface area contributed by atoms with E-state index in [-0.39, 0.29) is 5.56 Å². The third-order valence-electron chi connectivity index (χ3n) is 3.42. The van der Waals surface area contributed by atoms with Crippen molar-refractivity contribution in [1.82, 2.24) is 0 Å². The summed E-state index contributed by atoms with van der Waals surface area (Å²) in [7, 11) is 0. The molecule has 3 heteroatoms. The van der Waals surface area contributed by atoms with Gasteiger partial charge in [-0.15, -0.1) is 0 Å². The molecule has 108 valence electrons. The number of unbranched alkanes of at least 4 members (excludes halogenated alkanes) is 6. The van der Waals surface area contributed by atoms with Crippen molar-refractivity contribution >= 4 is 0 Å². The zero-order valence-corrected chi connectivity index (χ0v) is 11.7. The van der Waals surface area contributed by atoms with Crippen molar-refractivity contribution in [3.8, 4) is 0 Å². The van der Waals surface area contributed by atoms with Gasteiger partial charge in [0.05, 0.1) is 6.10 Å². The van der Waals surface area contributed by atoms with Crippen molar-refractivity contribution in [1.29, 1.82) is 0 Å². The maximum atomic E-state index is 13.4. The highest BCUT2D eigenvalue weighted by Crippen LogP contribution is 2.24. The van der Waals surface area contributed by atoms with Crippen molar-refractivity contribution in [3.63, 3.8) is 0 Å². The van der Waals surface area contributed by atoms with Gasteiger partial charge < -0.3 is 5.11 Å². The van der Waals surface area contributed by atoms with Crippen LogP contribution >= 0.6 is 0 Å². The zero-order valence-electron chi connectivity index (χ0n) is 11.7. The largest absolute Gasteiger partial charge is 0.388 e. The Morgan fingerprint density at radius 3 is 2.32 bits per heavy atom. The third kappa shape index (κ3) is 5.68. The number of hydrogen-bond acceptors (Lipinski definition) is 1. The van der Waals surface area contributed by atoms with Crippen LogP contribution in [-0.4, -0.2) is 5.11 Å². The van der Waals surface area contributed by atoms with Crippen LogP contribution in [0, 0.1) is 11.6 Å². The molecule has 0 spiro atoms. The minimum absolute atomic E-state index is 0.0750. The van der Waals surface area contributed by atoms with E-state index in [1.165, 1.54) is 37.8 Å². The van der Waals surface area contributed by atoms with Crippen LogP contribution in [0.15, 0.2) is 18.2 Å². The Balaban J connectivity index is 2.24. The smallest absolute Gasteiger partial charge is 0.164 e. The van der Waals surface area contributed by atoms with Crippen LogP contribution in [0.25, 0.3) is 0 Å². The summed E-state index contributed by atoms with van der Waals surface area (Å²) in [5, 5.41) is 9.86. The highest BCUT2D eigenvalue weighted by molar-refractivity contribution is 5.21. The molecular formula is C16H24F2O. The first-order valence-corrected chi connectivity index (χ1v) is 7.28. The summed E-state index contributed by atoms with van der Waals surface area (Å²) in [6.07, 6.45) is 7.63. The minimum Gasteiger partial charge on any atom is -0.388 e. The van der Waals surface area contributed by atoms with Crippen LogP contribution in [0.3, 0.4) is 0 Å². The quantitative estimate of drug-likeness (QED) is 0.616. The molecule has 0 aliphatic rings. The normalized spacial score (nSPS) is 12.6. The fourth-order valence-electron chi connectivity index (χ4n) is 2.23. The van der Waals surface area contributed by atoms with Crippen LogP contribution < -0.4 is 0 Å². The summed E-state index contributed by atoms with van der Waals surface area (Å²) < 4.78 is 26.4. The Hall–Kier alpha value is -0.960. The first-order chi connectivity index (χ1) is 9.16. The van der Waals surface area contributed by atoms with E-state index < -0.39 is 17.7 Å². The van der Waals surface area contributed by atoms with Gasteiger partial charge in [0, 0.05) is 5.56 Å². The molecule has 0 bridgehead atoms. The number of halogens is 2. The molecule has 1 nitrogen and oxygen atoms in total. The van der Waals surface area contributed by atoms with Gasteiger partial charge in [-0.1, -0.05) is 64.0 Å². The lowest BCUT2D eigenvalue weighted by atomic mass is 10.0. The molecule has 0 radical (unpaired) electrons. The second kappa shape index (κ2) is 9.03. The second-order valence-corrected chi connectivity index (χ2v) is 5.07. The Morgan fingerprint density at radius 1 is 1.00 bits per heavy atom. The Bertz CT molecular complexity index is 366. The van der Waals surface area contributed by atoms with E-state index in [4.69, 9.17) is 0 Å². The molecule has 1 aromatic carbocycles. The highest BCUT2D eigenvalue weighted by atomic mass is 19.2. The fourth-order valence-corrected chi connectivity index (χ4v) is 2.23. The topological polar surface area (TPSA) is 20.2 Å². The highest BCUT2D eigenvalue weighted by Gasteiger charge is 2.15. The Morgan fingerprint density at radius 2 is 1.63 bits per heavy atom. The van der Waals surface area contributed by atoms with Gasteiger partial charge >= 0.3 is 0 Å². The summed E-state index contributed by atoms with van der Waals surface area (Å²) >= 11 is 0. The maximum absolute atomic E-state index is 13.4. The molecule has 0 heterocycles. The molecule has 1 N–H and O–H groups in total. The molecule has 0 aliphatic heterocycles. The molecule has 1 unspecified atom stereocenters. The van der Waals surface area contributed by atoms with Gasteiger partial charge in [-0.2, -0.15) is 0 Å². The van der Waals surface area contributed by atoms with Crippen molar-refractivity contribution in [2.75, 3.05) is 0 Å². The Kier molecular flexibility index (Phi) is 7.65. The van der Waals surface area contributed by atoms with Gasteiger partial charge in [0.15, 0.2) is 11.6 Å². The lowest BCUT2D eigenvalue weighted by Crippen LogP contribution is -2.02. The van der Waals surface area contributed by atoms with E-state index in [1.54, 1.807) is 0 Å². The first kappa shape index (κ1) is 16.1. The number of benzene rings is 1. The SMILES string of the molecule is CCCCCCCCCC(O)c1cccc(F)c1F. The number of aliphatic hydroxyl groups is 1. The summed E-state index contributed by atoms with van der Waals surface area (Å²) in [6.45, 7) is 2.18. The third-order valence-corrected chi connectivity index (χ3v) is 3.42. The molecule has 1 rings (SSSR count). The molecule has 0 aromatic heterocycles. The van der Waals surface area contributed by atoms with Gasteiger partial charge in [0.1, 0.15) is 0 Å². The van der Waals surface area contributed by atoms with Crippen molar-refractivity contribution < 1.29 is 13.9 Å². The molecular weight excluding hydrogens is 246 g/mol. The van der Waals surface area contributed by atoms with Crippen LogP contribution in [0.4, 0.5) is 8.78 Å². The van der Waals surface area contributed by atoms with E-state index in [1.807, 2.05) is 0 Å². The van der Waals surface area contributed by atoms with E-state index >= 15 is 0 Å². The van der Waals surface area contributed by atoms with Gasteiger partial charge in [0.2, 0.25) is 0 Å². The minimum atomic E-state index is -0.919. The van der Waals surface area contributed by atoms with Gasteiger partial charge in [-0.25, -0.2) is 8.78 Å². The first-order valence-electron chi connectivity index (χ1n) is 7.28. The Labute approximate surface area is 114 Å². The molecule has 1 atom stereocenters. The number of rotatable bonds is 9. The van der Waals surface area contributed by atoms with E-state index in [0.29, 0.717) is 6.42 Å². The number of hydrogen-bond donors (Lipinski definition) is 1. The number of aliphatic hydroxyl groups excluding tert-OH is 1. The van der Waals surface area contributed by atoms with E-state index in [0.717, 1.165) is 25.3 Å². The van der Waals surface area contributed by atoms with Crippen molar-refractivity contribution in [2.45, 2.75) is 64.4 Å². The summed E-state index contributed by atoms with van der Waals surface area (Å²) in [6, 6.07) is 3.95. The summed E-state index contributed by atoms with van der Waals surface area (Å²) in [5.74, 6) is -1.81. The van der Waals surface area contributed by atoms with Gasteiger partial charge in [-0.05, 0) is 12.5 Å². The standard InChI is InChI=1S/C16H24F2O/c1-2-3-4-5-6-7-8-12-15(19)13-10-9-11-14(17)16(13)18/h9-11,15,19H,2-8,12H2,1H3. The summed E-state index contributed by atoms with van der Waals surface area (Å²) in [4.78, 5) is 0.